The van der Waals surface area contributed by atoms with Gasteiger partial charge in [-0.3, -0.25) is 14.9 Å². The molecule has 20 heavy (non-hydrogen) atoms. The van der Waals surface area contributed by atoms with E-state index in [1.54, 1.807) is 13.0 Å². The van der Waals surface area contributed by atoms with Crippen LogP contribution in [-0.4, -0.2) is 30.5 Å². The third-order valence-corrected chi connectivity index (χ3v) is 2.46. The summed E-state index contributed by atoms with van der Waals surface area (Å²) in [4.78, 5) is 22.1. The van der Waals surface area contributed by atoms with Crippen molar-refractivity contribution in [2.45, 2.75) is 20.3 Å². The average Bonchev–Trinajstić information content (AvgIpc) is 2.41. The van der Waals surface area contributed by atoms with Gasteiger partial charge in [-0.1, -0.05) is 6.92 Å². The molecule has 2 N–H and O–H groups in total. The fourth-order valence-electron chi connectivity index (χ4n) is 1.60. The monoisotopic (exact) mass is 281 g/mol. The van der Waals surface area contributed by atoms with Crippen molar-refractivity contribution >= 4 is 17.3 Å². The zero-order valence-corrected chi connectivity index (χ0v) is 11.6. The molecular formula is C13H19N3O4. The smallest absolute Gasteiger partial charge is 0.296 e. The molecule has 0 aliphatic heterocycles. The first-order chi connectivity index (χ1) is 9.58. The minimum atomic E-state index is -0.544. The number of nitro groups is 1. The molecule has 1 amide bonds. The molecule has 0 heterocycles. The van der Waals surface area contributed by atoms with E-state index in [0.29, 0.717) is 12.4 Å². The molecule has 1 aromatic rings. The molecule has 110 valence electrons. The number of amides is 1. The van der Waals surface area contributed by atoms with Crippen molar-refractivity contribution in [1.82, 2.24) is 5.32 Å². The van der Waals surface area contributed by atoms with Crippen molar-refractivity contribution in [3.63, 3.8) is 0 Å². The van der Waals surface area contributed by atoms with Crippen molar-refractivity contribution in [2.24, 2.45) is 0 Å². The molecule has 0 unspecified atom stereocenters. The zero-order chi connectivity index (χ0) is 15.0. The van der Waals surface area contributed by atoms with Crippen LogP contribution >= 0.6 is 0 Å². The lowest BCUT2D eigenvalue weighted by Gasteiger charge is -2.08. The van der Waals surface area contributed by atoms with E-state index in [2.05, 4.69) is 10.6 Å². The van der Waals surface area contributed by atoms with Crippen LogP contribution in [0.5, 0.6) is 5.75 Å². The van der Waals surface area contributed by atoms with Crippen molar-refractivity contribution in [3.8, 4) is 5.75 Å². The Bertz CT molecular complexity index is 477. The Balaban J connectivity index is 2.78. The van der Waals surface area contributed by atoms with Gasteiger partial charge in [0, 0.05) is 0 Å². The average molecular weight is 281 g/mol. The standard InChI is InChI=1S/C13H19N3O4/c1-3-7-14-9-13(17)15-11-6-5-10(20-4-2)8-12(11)16(18)19/h5-6,8,14H,3-4,7,9H2,1-2H3,(H,15,17). The molecule has 7 heteroatoms. The predicted molar refractivity (Wildman–Crippen MR) is 76.1 cm³/mol. The molecule has 0 bridgehead atoms. The molecule has 0 saturated carbocycles. The Labute approximate surface area is 117 Å². The summed E-state index contributed by atoms with van der Waals surface area (Å²) in [6.45, 7) is 5.05. The Hall–Kier alpha value is -2.15. The van der Waals surface area contributed by atoms with Crippen molar-refractivity contribution in [2.75, 3.05) is 25.0 Å². The first-order valence-electron chi connectivity index (χ1n) is 6.50. The second-order valence-corrected chi connectivity index (χ2v) is 4.09. The van der Waals surface area contributed by atoms with E-state index in [1.165, 1.54) is 12.1 Å². The Morgan fingerprint density at radius 2 is 2.15 bits per heavy atom. The Morgan fingerprint density at radius 3 is 2.75 bits per heavy atom. The first-order valence-corrected chi connectivity index (χ1v) is 6.50. The van der Waals surface area contributed by atoms with Gasteiger partial charge in [-0.25, -0.2) is 0 Å². The summed E-state index contributed by atoms with van der Waals surface area (Å²) in [5, 5.41) is 16.5. The van der Waals surface area contributed by atoms with E-state index in [1.807, 2.05) is 6.92 Å². The van der Waals surface area contributed by atoms with Crippen molar-refractivity contribution < 1.29 is 14.5 Å². The molecule has 0 saturated heterocycles. The summed E-state index contributed by atoms with van der Waals surface area (Å²) in [6.07, 6.45) is 0.913. The van der Waals surface area contributed by atoms with Gasteiger partial charge in [0.05, 0.1) is 24.1 Å². The fraction of sp³-hybridized carbons (Fsp3) is 0.462. The topological polar surface area (TPSA) is 93.5 Å². The molecule has 0 radical (unpaired) electrons. The number of hydrogen-bond donors (Lipinski definition) is 2. The van der Waals surface area contributed by atoms with E-state index < -0.39 is 4.92 Å². The maximum atomic E-state index is 11.6. The van der Waals surface area contributed by atoms with Crippen LogP contribution in [0.1, 0.15) is 20.3 Å². The molecule has 7 nitrogen and oxygen atoms in total. The van der Waals surface area contributed by atoms with Crippen LogP contribution in [0.25, 0.3) is 0 Å². The number of nitrogens with zero attached hydrogens (tertiary/aromatic N) is 1. The van der Waals surface area contributed by atoms with Gasteiger partial charge < -0.3 is 15.4 Å². The van der Waals surface area contributed by atoms with Gasteiger partial charge >= 0.3 is 0 Å². The molecular weight excluding hydrogens is 262 g/mol. The minimum absolute atomic E-state index is 0.123. The number of hydrogen-bond acceptors (Lipinski definition) is 5. The second kappa shape index (κ2) is 8.11. The lowest BCUT2D eigenvalue weighted by molar-refractivity contribution is -0.384. The highest BCUT2D eigenvalue weighted by atomic mass is 16.6. The van der Waals surface area contributed by atoms with Crippen LogP contribution in [0.2, 0.25) is 0 Å². The summed E-state index contributed by atoms with van der Waals surface area (Å²) in [5.41, 5.74) is -0.0125. The molecule has 0 aliphatic rings. The molecule has 0 spiro atoms. The summed E-state index contributed by atoms with van der Waals surface area (Å²) >= 11 is 0. The maximum absolute atomic E-state index is 11.6. The molecule has 0 aromatic heterocycles. The fourth-order valence-corrected chi connectivity index (χ4v) is 1.60. The number of carbonyl (C=O) groups excluding carboxylic acids is 1. The van der Waals surface area contributed by atoms with E-state index >= 15 is 0 Å². The summed E-state index contributed by atoms with van der Waals surface area (Å²) in [5.74, 6) is 0.0898. The molecule has 1 aromatic carbocycles. The highest BCUT2D eigenvalue weighted by molar-refractivity contribution is 5.94. The molecule has 0 aliphatic carbocycles. The van der Waals surface area contributed by atoms with Crippen molar-refractivity contribution in [3.05, 3.63) is 28.3 Å². The van der Waals surface area contributed by atoms with Crippen molar-refractivity contribution in [1.29, 1.82) is 0 Å². The summed E-state index contributed by atoms with van der Waals surface area (Å²) in [6, 6.07) is 4.37. The Morgan fingerprint density at radius 1 is 1.40 bits per heavy atom. The number of rotatable bonds is 8. The first kappa shape index (κ1) is 15.9. The normalized spacial score (nSPS) is 10.1. The molecule has 0 fully saturated rings. The van der Waals surface area contributed by atoms with Gasteiger partial charge in [-0.2, -0.15) is 0 Å². The summed E-state index contributed by atoms with van der Waals surface area (Å²) in [7, 11) is 0. The second-order valence-electron chi connectivity index (χ2n) is 4.09. The van der Waals surface area contributed by atoms with Crippen LogP contribution in [0.15, 0.2) is 18.2 Å². The van der Waals surface area contributed by atoms with Crippen LogP contribution < -0.4 is 15.4 Å². The number of anilines is 1. The quantitative estimate of drug-likeness (QED) is 0.431. The van der Waals surface area contributed by atoms with Crippen LogP contribution in [-0.2, 0) is 4.79 Å². The number of nitrogens with one attached hydrogen (secondary N) is 2. The van der Waals surface area contributed by atoms with E-state index in [9.17, 15) is 14.9 Å². The van der Waals surface area contributed by atoms with Crippen LogP contribution in [0.3, 0.4) is 0 Å². The Kier molecular flexibility index (Phi) is 6.45. The van der Waals surface area contributed by atoms with Gasteiger partial charge in [0.25, 0.3) is 5.69 Å². The van der Waals surface area contributed by atoms with Crippen LogP contribution in [0.4, 0.5) is 11.4 Å². The maximum Gasteiger partial charge on any atom is 0.296 e. The number of carbonyl (C=O) groups is 1. The molecule has 0 atom stereocenters. The molecule has 1 rings (SSSR count). The van der Waals surface area contributed by atoms with E-state index in [-0.39, 0.29) is 23.8 Å². The van der Waals surface area contributed by atoms with Gasteiger partial charge in [0.1, 0.15) is 11.4 Å². The van der Waals surface area contributed by atoms with Gasteiger partial charge in [0.2, 0.25) is 5.91 Å². The van der Waals surface area contributed by atoms with Gasteiger partial charge in [-0.15, -0.1) is 0 Å². The number of nitro benzene ring substituents is 1. The minimum Gasteiger partial charge on any atom is -0.494 e. The summed E-state index contributed by atoms with van der Waals surface area (Å²) < 4.78 is 5.21. The highest BCUT2D eigenvalue weighted by Crippen LogP contribution is 2.28. The van der Waals surface area contributed by atoms with Gasteiger partial charge in [-0.05, 0) is 32.0 Å². The number of ether oxygens (including phenoxy) is 1. The third kappa shape index (κ3) is 4.85. The third-order valence-electron chi connectivity index (χ3n) is 2.46. The highest BCUT2D eigenvalue weighted by Gasteiger charge is 2.17. The van der Waals surface area contributed by atoms with E-state index in [0.717, 1.165) is 13.0 Å². The van der Waals surface area contributed by atoms with Crippen LogP contribution in [0, 0.1) is 10.1 Å². The lowest BCUT2D eigenvalue weighted by Crippen LogP contribution is -2.28. The van der Waals surface area contributed by atoms with E-state index in [4.69, 9.17) is 4.74 Å². The number of benzene rings is 1. The zero-order valence-electron chi connectivity index (χ0n) is 11.6. The SMILES string of the molecule is CCCNCC(=O)Nc1ccc(OCC)cc1[N+](=O)[O-]. The van der Waals surface area contributed by atoms with Gasteiger partial charge in [0.15, 0.2) is 0 Å². The lowest BCUT2D eigenvalue weighted by atomic mass is 10.2. The predicted octanol–water partition coefficient (Wildman–Crippen LogP) is 1.93. The largest absolute Gasteiger partial charge is 0.494 e.